The van der Waals surface area contributed by atoms with Crippen molar-refractivity contribution in [3.8, 4) is 0 Å². The number of alkyl carbamates (subject to hydrolysis) is 1. The van der Waals surface area contributed by atoms with Crippen molar-refractivity contribution < 1.29 is 28.3 Å². The number of carbonyl (C=O) groups is 3. The van der Waals surface area contributed by atoms with E-state index in [0.717, 1.165) is 36.8 Å². The number of hydrogen-bond acceptors (Lipinski definition) is 8. The minimum absolute atomic E-state index is 0.0365. The number of hydrogen-bond donors (Lipinski definition) is 3. The number of furan rings is 1. The third-order valence-electron chi connectivity index (χ3n) is 7.65. The number of aromatic nitrogens is 2. The molecule has 2 fully saturated rings. The van der Waals surface area contributed by atoms with Gasteiger partial charge < -0.3 is 24.5 Å². The van der Waals surface area contributed by atoms with Crippen LogP contribution in [-0.2, 0) is 9.47 Å². The normalized spacial score (nSPS) is 20.6. The van der Waals surface area contributed by atoms with Crippen molar-refractivity contribution in [2.75, 3.05) is 10.6 Å². The Hall–Kier alpha value is -4.15. The maximum atomic E-state index is 13.9. The van der Waals surface area contributed by atoms with Crippen LogP contribution in [0.3, 0.4) is 0 Å². The van der Waals surface area contributed by atoms with Gasteiger partial charge in [-0.05, 0) is 115 Å². The second-order valence-electron chi connectivity index (χ2n) is 14.1. The highest BCUT2D eigenvalue weighted by molar-refractivity contribution is 6.16. The Bertz CT molecular complexity index is 1550. The van der Waals surface area contributed by atoms with Gasteiger partial charge in [-0.15, -0.1) is 0 Å². The van der Waals surface area contributed by atoms with Gasteiger partial charge in [-0.25, -0.2) is 9.59 Å². The van der Waals surface area contributed by atoms with Gasteiger partial charge in [0, 0.05) is 18.4 Å². The highest BCUT2D eigenvalue weighted by atomic mass is 16.6. The molecule has 0 spiro atoms. The number of nitrogens with one attached hydrogen (secondary N) is 3. The first-order chi connectivity index (χ1) is 20.6. The topological polar surface area (TPSA) is 145 Å². The molecule has 2 aliphatic carbocycles. The average molecular weight is 606 g/mol. The number of rotatable bonds is 6. The maximum Gasteiger partial charge on any atom is 0.414 e. The van der Waals surface area contributed by atoms with E-state index in [0.29, 0.717) is 35.0 Å². The van der Waals surface area contributed by atoms with Gasteiger partial charge in [0.05, 0.1) is 11.9 Å². The summed E-state index contributed by atoms with van der Waals surface area (Å²) in [6, 6.07) is 3.70. The number of nitrogens with zero attached hydrogens (tertiary/aromatic N) is 2. The maximum absolute atomic E-state index is 13.9. The highest BCUT2D eigenvalue weighted by Gasteiger charge is 2.33. The van der Waals surface area contributed by atoms with Crippen LogP contribution in [0.2, 0.25) is 0 Å². The SMILES string of the molecule is CC1CC(NC(=O)OC(C)(C)C)CC(c2ccncc2NC(=O)c2c(NC(=O)OC(C)(C)C)oc3cc(C4CC4)cnc23)C1. The van der Waals surface area contributed by atoms with Crippen LogP contribution >= 0.6 is 0 Å². The predicted octanol–water partition coefficient (Wildman–Crippen LogP) is 7.50. The van der Waals surface area contributed by atoms with Gasteiger partial charge in [0.15, 0.2) is 5.58 Å². The summed E-state index contributed by atoms with van der Waals surface area (Å²) < 4.78 is 16.9. The molecule has 236 valence electrons. The zero-order valence-corrected chi connectivity index (χ0v) is 26.6. The summed E-state index contributed by atoms with van der Waals surface area (Å²) in [6.45, 7) is 12.9. The summed E-state index contributed by atoms with van der Waals surface area (Å²) in [5, 5.41) is 8.65. The Balaban J connectivity index is 1.41. The van der Waals surface area contributed by atoms with Gasteiger partial charge in [-0.3, -0.25) is 20.1 Å². The van der Waals surface area contributed by atoms with Crippen LogP contribution < -0.4 is 16.0 Å². The first-order valence-electron chi connectivity index (χ1n) is 15.3. The molecule has 0 saturated heterocycles. The summed E-state index contributed by atoms with van der Waals surface area (Å²) in [5.41, 5.74) is 2.02. The van der Waals surface area contributed by atoms with Crippen LogP contribution in [0.1, 0.15) is 114 Å². The Morgan fingerprint density at radius 3 is 2.30 bits per heavy atom. The van der Waals surface area contributed by atoms with E-state index in [-0.39, 0.29) is 23.4 Å². The zero-order chi connectivity index (χ0) is 31.8. The minimum atomic E-state index is -0.742. The molecule has 44 heavy (non-hydrogen) atoms. The molecule has 3 atom stereocenters. The number of pyridine rings is 2. The van der Waals surface area contributed by atoms with Gasteiger partial charge in [0.2, 0.25) is 5.88 Å². The molecule has 0 radical (unpaired) electrons. The summed E-state index contributed by atoms with van der Waals surface area (Å²) in [7, 11) is 0. The molecule has 3 unspecified atom stereocenters. The van der Waals surface area contributed by atoms with Gasteiger partial charge in [-0.1, -0.05) is 6.92 Å². The molecule has 3 amide bonds. The van der Waals surface area contributed by atoms with E-state index < -0.39 is 29.3 Å². The summed E-state index contributed by atoms with van der Waals surface area (Å²) in [4.78, 5) is 48.0. The van der Waals surface area contributed by atoms with Crippen molar-refractivity contribution in [3.05, 3.63) is 47.4 Å². The van der Waals surface area contributed by atoms with Gasteiger partial charge in [0.1, 0.15) is 22.3 Å². The molecule has 11 nitrogen and oxygen atoms in total. The molecule has 3 aromatic heterocycles. The van der Waals surface area contributed by atoms with Crippen LogP contribution in [0.5, 0.6) is 0 Å². The van der Waals surface area contributed by atoms with Gasteiger partial charge in [0.25, 0.3) is 5.91 Å². The molecule has 3 N–H and O–H groups in total. The van der Waals surface area contributed by atoms with E-state index in [1.807, 2.05) is 32.9 Å². The van der Waals surface area contributed by atoms with Crippen LogP contribution in [0.25, 0.3) is 11.1 Å². The molecule has 0 aromatic carbocycles. The Labute approximate surface area is 257 Å². The average Bonchev–Trinajstić information content (AvgIpc) is 3.67. The summed E-state index contributed by atoms with van der Waals surface area (Å²) in [6.07, 6.45) is 8.46. The largest absolute Gasteiger partial charge is 0.444 e. The van der Waals surface area contributed by atoms with Gasteiger partial charge >= 0.3 is 12.2 Å². The van der Waals surface area contributed by atoms with E-state index in [9.17, 15) is 14.4 Å². The molecule has 0 aliphatic heterocycles. The van der Waals surface area contributed by atoms with E-state index in [1.165, 1.54) is 0 Å². The number of ether oxygens (including phenoxy) is 2. The van der Waals surface area contributed by atoms with Crippen LogP contribution in [-0.4, -0.2) is 45.3 Å². The quantitative estimate of drug-likeness (QED) is 0.262. The van der Waals surface area contributed by atoms with E-state index >= 15 is 0 Å². The number of carbonyl (C=O) groups excluding carboxylic acids is 3. The van der Waals surface area contributed by atoms with Crippen LogP contribution in [0, 0.1) is 5.92 Å². The second-order valence-corrected chi connectivity index (χ2v) is 14.1. The van der Waals surface area contributed by atoms with Crippen molar-refractivity contribution in [1.82, 2.24) is 15.3 Å². The third-order valence-corrected chi connectivity index (χ3v) is 7.65. The molecule has 5 rings (SSSR count). The number of anilines is 2. The fourth-order valence-electron chi connectivity index (χ4n) is 5.83. The summed E-state index contributed by atoms with van der Waals surface area (Å²) >= 11 is 0. The molecule has 11 heteroatoms. The van der Waals surface area contributed by atoms with Crippen LogP contribution in [0.4, 0.5) is 21.2 Å². The molecule has 2 saturated carbocycles. The molecule has 3 heterocycles. The molecule has 3 aromatic rings. The van der Waals surface area contributed by atoms with E-state index in [2.05, 4.69) is 32.8 Å². The predicted molar refractivity (Wildman–Crippen MR) is 167 cm³/mol. The first-order valence-corrected chi connectivity index (χ1v) is 15.3. The minimum Gasteiger partial charge on any atom is -0.444 e. The van der Waals surface area contributed by atoms with Crippen molar-refractivity contribution in [2.24, 2.45) is 5.92 Å². The summed E-state index contributed by atoms with van der Waals surface area (Å²) in [5.74, 6) is 0.281. The molecular weight excluding hydrogens is 562 g/mol. The fourth-order valence-corrected chi connectivity index (χ4v) is 5.83. The molecule has 2 aliphatic rings. The Morgan fingerprint density at radius 2 is 1.61 bits per heavy atom. The van der Waals surface area contributed by atoms with Gasteiger partial charge in [-0.2, -0.15) is 0 Å². The molecule has 0 bridgehead atoms. The lowest BCUT2D eigenvalue weighted by atomic mass is 9.76. The third kappa shape index (κ3) is 7.86. The fraction of sp³-hybridized carbons (Fsp3) is 0.545. The zero-order valence-electron chi connectivity index (χ0n) is 26.6. The lowest BCUT2D eigenvalue weighted by Gasteiger charge is -2.35. The smallest absolute Gasteiger partial charge is 0.414 e. The Kier molecular flexibility index (Phi) is 8.59. The number of amides is 3. The Morgan fingerprint density at radius 1 is 0.909 bits per heavy atom. The standard InChI is InChI=1S/C33H43N5O6/c1-18-12-20(14-22(13-18)36-30(40)43-32(2,3)4)23-10-11-34-17-24(23)37-28(39)26-27-25(15-21(16-35-27)19-8-9-19)42-29(26)38-31(41)44-33(5,6)7/h10-11,15-20,22H,8-9,12-14H2,1-7H3,(H,36,40)(H,37,39)(H,38,41). The highest BCUT2D eigenvalue weighted by Crippen LogP contribution is 2.42. The van der Waals surface area contributed by atoms with E-state index in [4.69, 9.17) is 13.9 Å². The van der Waals surface area contributed by atoms with Crippen molar-refractivity contribution in [3.63, 3.8) is 0 Å². The van der Waals surface area contributed by atoms with Crippen molar-refractivity contribution in [2.45, 2.75) is 110 Å². The van der Waals surface area contributed by atoms with Crippen molar-refractivity contribution >= 4 is 40.8 Å². The monoisotopic (exact) mass is 605 g/mol. The molecular formula is C33H43N5O6. The lowest BCUT2D eigenvalue weighted by molar-refractivity contribution is 0.0481. The number of fused-ring (bicyclic) bond motifs is 1. The van der Waals surface area contributed by atoms with Crippen molar-refractivity contribution in [1.29, 1.82) is 0 Å². The lowest BCUT2D eigenvalue weighted by Crippen LogP contribution is -2.42. The first kappa shape index (κ1) is 31.3. The van der Waals surface area contributed by atoms with E-state index in [1.54, 1.807) is 39.4 Å². The van der Waals surface area contributed by atoms with Crippen LogP contribution in [0.15, 0.2) is 35.1 Å². The second kappa shape index (κ2) is 12.1.